The summed E-state index contributed by atoms with van der Waals surface area (Å²) in [5.41, 5.74) is 2.56. The minimum Gasteiger partial charge on any atom is -1.00 e. The van der Waals surface area contributed by atoms with Crippen LogP contribution < -0.4 is 30.3 Å². The Morgan fingerprint density at radius 1 is 1.12 bits per heavy atom. The maximum atomic E-state index is 2.49. The molecule has 2 N–H and O–H groups in total. The van der Waals surface area contributed by atoms with Crippen molar-refractivity contribution in [3.63, 3.8) is 0 Å². The summed E-state index contributed by atoms with van der Waals surface area (Å²) in [4.78, 5) is 0. The first-order valence-corrected chi connectivity index (χ1v) is 5.90. The third kappa shape index (κ3) is 4.38. The van der Waals surface area contributed by atoms with Gasteiger partial charge in [0.25, 0.3) is 0 Å². The van der Waals surface area contributed by atoms with Gasteiger partial charge < -0.3 is 24.8 Å². The first kappa shape index (κ1) is 18.8. The molecule has 0 radical (unpaired) electrons. The summed E-state index contributed by atoms with van der Waals surface area (Å²) in [6, 6.07) is 0. The van der Waals surface area contributed by atoms with Gasteiger partial charge in [-0.25, -0.2) is 0 Å². The molecule has 1 heterocycles. The molecule has 0 aliphatic carbocycles. The first-order valence-electron chi connectivity index (χ1n) is 5.90. The van der Waals surface area contributed by atoms with Gasteiger partial charge >= 0.3 is 0 Å². The molecule has 1 aliphatic rings. The number of quaternary nitrogens is 1. The Hall–Kier alpha value is 0.460. The van der Waals surface area contributed by atoms with E-state index in [1.807, 2.05) is 0 Å². The SMILES string of the molecule is CCCCC1N(CC)[NH2+]N1C(C)(C)C.[Cl-].[Cl-]. The molecule has 16 heavy (non-hydrogen) atoms. The standard InChI is InChI=1S/C11H25N3.2ClH/c1-6-8-9-10-13(7-2)12-14(10)11(3,4)5;;/h10,12H,6-9H2,1-5H3;2*1H/p-1. The fourth-order valence-corrected chi connectivity index (χ4v) is 2.01. The highest BCUT2D eigenvalue weighted by molar-refractivity contribution is 4.77. The van der Waals surface area contributed by atoms with Gasteiger partial charge in [-0.3, -0.25) is 0 Å². The Morgan fingerprint density at radius 2 is 1.69 bits per heavy atom. The average molecular weight is 271 g/mol. The van der Waals surface area contributed by atoms with Gasteiger partial charge in [0.1, 0.15) is 0 Å². The molecule has 0 spiro atoms. The van der Waals surface area contributed by atoms with Crippen molar-refractivity contribution < 1.29 is 30.3 Å². The van der Waals surface area contributed by atoms with E-state index in [0.29, 0.717) is 6.17 Å². The van der Waals surface area contributed by atoms with Crippen LogP contribution in [0.2, 0.25) is 0 Å². The van der Waals surface area contributed by atoms with Gasteiger partial charge in [0, 0.05) is 6.54 Å². The molecule has 1 fully saturated rings. The molecule has 0 aromatic carbocycles. The molecule has 3 nitrogen and oxygen atoms in total. The molecule has 0 saturated carbocycles. The quantitative estimate of drug-likeness (QED) is 0.520. The van der Waals surface area contributed by atoms with Crippen LogP contribution >= 0.6 is 0 Å². The van der Waals surface area contributed by atoms with Gasteiger partial charge in [0.15, 0.2) is 6.17 Å². The number of rotatable bonds is 4. The van der Waals surface area contributed by atoms with E-state index in [2.05, 4.69) is 50.2 Å². The van der Waals surface area contributed by atoms with E-state index in [1.54, 1.807) is 0 Å². The summed E-state index contributed by atoms with van der Waals surface area (Å²) in [5.74, 6) is 0. The molecule has 1 saturated heterocycles. The second kappa shape index (κ2) is 7.72. The third-order valence-electron chi connectivity index (χ3n) is 2.93. The van der Waals surface area contributed by atoms with Crippen molar-refractivity contribution in [2.75, 3.05) is 6.54 Å². The van der Waals surface area contributed by atoms with Crippen molar-refractivity contribution in [1.29, 1.82) is 0 Å². The molecular weight excluding hydrogens is 245 g/mol. The second-order valence-electron chi connectivity index (χ2n) is 5.15. The van der Waals surface area contributed by atoms with E-state index in [4.69, 9.17) is 0 Å². The van der Waals surface area contributed by atoms with Crippen molar-refractivity contribution >= 4 is 0 Å². The van der Waals surface area contributed by atoms with E-state index in [-0.39, 0.29) is 30.4 Å². The van der Waals surface area contributed by atoms with Gasteiger partial charge in [-0.2, -0.15) is 5.53 Å². The average Bonchev–Trinajstić information content (AvgIpc) is 2.01. The van der Waals surface area contributed by atoms with Crippen LogP contribution in [0.25, 0.3) is 0 Å². The van der Waals surface area contributed by atoms with Crippen LogP contribution in [0.15, 0.2) is 0 Å². The zero-order valence-electron chi connectivity index (χ0n) is 11.1. The minimum absolute atomic E-state index is 0. The fraction of sp³-hybridized carbons (Fsp3) is 1.00. The van der Waals surface area contributed by atoms with E-state index in [1.165, 1.54) is 19.3 Å². The van der Waals surface area contributed by atoms with Crippen molar-refractivity contribution in [2.45, 2.75) is 65.6 Å². The lowest BCUT2D eigenvalue weighted by Gasteiger charge is -2.51. The maximum Gasteiger partial charge on any atom is 0.161 e. The molecule has 100 valence electrons. The normalized spacial score (nSPS) is 21.9. The van der Waals surface area contributed by atoms with Crippen molar-refractivity contribution in [3.8, 4) is 0 Å². The number of hydrogen-bond donors (Lipinski definition) is 1. The van der Waals surface area contributed by atoms with Gasteiger partial charge in [0.05, 0.1) is 5.54 Å². The van der Waals surface area contributed by atoms with Crippen LogP contribution in [0.3, 0.4) is 0 Å². The van der Waals surface area contributed by atoms with Crippen LogP contribution in [0.1, 0.15) is 53.9 Å². The Morgan fingerprint density at radius 3 is 2.06 bits per heavy atom. The third-order valence-corrected chi connectivity index (χ3v) is 2.93. The zero-order valence-corrected chi connectivity index (χ0v) is 12.6. The molecule has 0 aromatic rings. The Bertz CT molecular complexity index is 183. The molecule has 1 unspecified atom stereocenters. The van der Waals surface area contributed by atoms with Crippen molar-refractivity contribution in [1.82, 2.24) is 10.0 Å². The number of nitrogens with two attached hydrogens (primary N) is 1. The molecule has 0 aromatic heterocycles. The molecule has 1 atom stereocenters. The predicted molar refractivity (Wildman–Crippen MR) is 59.2 cm³/mol. The molecular formula is C11H26Cl2N3-. The highest BCUT2D eigenvalue weighted by atomic mass is 35.5. The van der Waals surface area contributed by atoms with E-state index >= 15 is 0 Å². The van der Waals surface area contributed by atoms with Crippen molar-refractivity contribution in [2.24, 2.45) is 0 Å². The zero-order chi connectivity index (χ0) is 10.8. The van der Waals surface area contributed by atoms with E-state index < -0.39 is 0 Å². The molecule has 0 amide bonds. The Labute approximate surface area is 113 Å². The van der Waals surface area contributed by atoms with Gasteiger partial charge in [-0.05, 0) is 34.1 Å². The van der Waals surface area contributed by atoms with Crippen LogP contribution in [-0.4, -0.2) is 28.3 Å². The Kier molecular flexibility index (Phi) is 9.08. The number of halogens is 2. The summed E-state index contributed by atoms with van der Waals surface area (Å²) in [6.07, 6.45) is 4.59. The van der Waals surface area contributed by atoms with E-state index in [9.17, 15) is 0 Å². The molecule has 5 heteroatoms. The summed E-state index contributed by atoms with van der Waals surface area (Å²) < 4.78 is 0. The number of hydrogen-bond acceptors (Lipinski definition) is 2. The van der Waals surface area contributed by atoms with Crippen LogP contribution in [0.5, 0.6) is 0 Å². The van der Waals surface area contributed by atoms with E-state index in [0.717, 1.165) is 6.54 Å². The van der Waals surface area contributed by atoms with Crippen molar-refractivity contribution in [3.05, 3.63) is 0 Å². The Balaban J connectivity index is 0. The van der Waals surface area contributed by atoms with Gasteiger partial charge in [0.2, 0.25) is 0 Å². The molecule has 1 rings (SSSR count). The number of nitrogens with zero attached hydrogens (tertiary/aromatic N) is 2. The highest BCUT2D eigenvalue weighted by Crippen LogP contribution is 2.21. The minimum atomic E-state index is 0. The maximum absolute atomic E-state index is 2.49. The van der Waals surface area contributed by atoms with Crippen LogP contribution in [-0.2, 0) is 0 Å². The smallest absolute Gasteiger partial charge is 0.161 e. The topological polar surface area (TPSA) is 23.1 Å². The van der Waals surface area contributed by atoms with Crippen LogP contribution in [0.4, 0.5) is 0 Å². The fourth-order valence-electron chi connectivity index (χ4n) is 2.01. The lowest BCUT2D eigenvalue weighted by molar-refractivity contribution is -1.02. The summed E-state index contributed by atoms with van der Waals surface area (Å²) in [7, 11) is 0. The van der Waals surface area contributed by atoms with Gasteiger partial charge in [-0.1, -0.05) is 19.8 Å². The monoisotopic (exact) mass is 270 g/mol. The van der Waals surface area contributed by atoms with Crippen LogP contribution in [0, 0.1) is 0 Å². The number of unbranched alkanes of at least 4 members (excludes halogenated alkanes) is 1. The summed E-state index contributed by atoms with van der Waals surface area (Å²) >= 11 is 0. The highest BCUT2D eigenvalue weighted by Gasteiger charge is 2.46. The lowest BCUT2D eigenvalue weighted by atomic mass is 10.0. The molecule has 1 aliphatic heterocycles. The summed E-state index contributed by atoms with van der Waals surface area (Å²) in [6.45, 7) is 12.5. The first-order chi connectivity index (χ1) is 6.50. The summed E-state index contributed by atoms with van der Waals surface area (Å²) in [5, 5.41) is 4.94. The van der Waals surface area contributed by atoms with Gasteiger partial charge in [-0.15, -0.1) is 10.0 Å². The lowest BCUT2D eigenvalue weighted by Crippen LogP contribution is -3.16. The predicted octanol–water partition coefficient (Wildman–Crippen LogP) is -4.66. The second-order valence-corrected chi connectivity index (χ2v) is 5.15. The molecule has 0 bridgehead atoms. The largest absolute Gasteiger partial charge is 1.00 e.